The number of fused-ring (bicyclic) bond motifs is 3. The van der Waals surface area contributed by atoms with Gasteiger partial charge in [0, 0.05) is 44.7 Å². The van der Waals surface area contributed by atoms with Gasteiger partial charge in [0.15, 0.2) is 5.82 Å². The van der Waals surface area contributed by atoms with Crippen LogP contribution < -0.4 is 15.0 Å². The van der Waals surface area contributed by atoms with E-state index in [1.807, 2.05) is 18.7 Å². The van der Waals surface area contributed by atoms with Crippen LogP contribution in [0.4, 0.5) is 19.0 Å². The zero-order valence-corrected chi connectivity index (χ0v) is 26.9. The first-order valence-electron chi connectivity index (χ1n) is 16.4. The third-order valence-electron chi connectivity index (χ3n) is 10.1. The van der Waals surface area contributed by atoms with Crippen molar-refractivity contribution < 1.29 is 27.8 Å². The van der Waals surface area contributed by atoms with Gasteiger partial charge in [-0.2, -0.15) is 9.97 Å². The second-order valence-electron chi connectivity index (χ2n) is 13.6. The van der Waals surface area contributed by atoms with E-state index in [2.05, 4.69) is 20.2 Å². The lowest BCUT2D eigenvalue weighted by Gasteiger charge is -2.41. The first-order chi connectivity index (χ1) is 22.5. The fourth-order valence-electron chi connectivity index (χ4n) is 8.14. The lowest BCUT2D eigenvalue weighted by molar-refractivity contribution is -0.120. The summed E-state index contributed by atoms with van der Waals surface area (Å²) < 4.78 is 52.6. The number of ether oxygens (including phenoxy) is 1. The van der Waals surface area contributed by atoms with Crippen molar-refractivity contribution in [2.75, 3.05) is 37.7 Å². The quantitative estimate of drug-likeness (QED) is 0.258. The van der Waals surface area contributed by atoms with E-state index in [4.69, 9.17) is 9.72 Å². The van der Waals surface area contributed by atoms with Crippen molar-refractivity contribution in [3.8, 4) is 23.0 Å². The lowest BCUT2D eigenvalue weighted by Crippen LogP contribution is -2.56. The number of halogens is 3. The summed E-state index contributed by atoms with van der Waals surface area (Å²) in [5, 5.41) is 15.0. The number of phenolic OH excluding ortho intramolecular Hbond substituents is 1. The molecule has 0 radical (unpaired) electrons. The molecule has 9 nitrogen and oxygen atoms in total. The summed E-state index contributed by atoms with van der Waals surface area (Å²) in [6.45, 7) is 7.61. The molecule has 0 bridgehead atoms. The van der Waals surface area contributed by atoms with Crippen molar-refractivity contribution in [1.29, 1.82) is 0 Å². The average Bonchev–Trinajstić information content (AvgIpc) is 3.55. The fraction of sp³-hybridized carbons (Fsp3) is 0.486. The summed E-state index contributed by atoms with van der Waals surface area (Å²) in [6.07, 6.45) is 4.51. The monoisotopic (exact) mass is 648 g/mol. The minimum absolute atomic E-state index is 0.0386. The molecule has 1 amide bonds. The number of nitrogens with one attached hydrogen (secondary N) is 1. The average molecular weight is 649 g/mol. The van der Waals surface area contributed by atoms with Gasteiger partial charge < -0.3 is 20.1 Å². The first kappa shape index (κ1) is 31.4. The highest BCUT2D eigenvalue weighted by atomic mass is 19.1. The van der Waals surface area contributed by atoms with Crippen LogP contribution in [0.1, 0.15) is 58.4 Å². The molecule has 3 aliphatic heterocycles. The van der Waals surface area contributed by atoms with Crippen molar-refractivity contribution >= 4 is 33.4 Å². The third-order valence-corrected chi connectivity index (χ3v) is 10.1. The van der Waals surface area contributed by atoms with E-state index in [0.717, 1.165) is 32.2 Å². The van der Waals surface area contributed by atoms with E-state index in [9.17, 15) is 18.7 Å². The van der Waals surface area contributed by atoms with Gasteiger partial charge in [0.1, 0.15) is 41.4 Å². The molecule has 3 atom stereocenters. The number of nitrogens with zero attached hydrogens (tertiary/aromatic N) is 5. The number of pyridine rings is 1. The Kier molecular flexibility index (Phi) is 7.89. The molecule has 47 heavy (non-hydrogen) atoms. The molecular formula is C35H39F3N6O3. The predicted octanol–water partition coefficient (Wildman–Crippen LogP) is 5.84. The molecule has 2 aromatic carbocycles. The maximum absolute atomic E-state index is 16.9. The Labute approximate surface area is 271 Å². The molecular weight excluding hydrogens is 609 g/mol. The van der Waals surface area contributed by atoms with E-state index >= 15 is 4.39 Å². The summed E-state index contributed by atoms with van der Waals surface area (Å²) >= 11 is 0. The number of carbonyl (C=O) groups excluding carboxylic acids is 1. The SMILES string of the molecule is CCc1c(F)ccc2cc(O)cc(-c3ncc4c(N5CCC[C@@](C)(NC(C)=O)C5)nc(OC[C@@]56CCCN5C[C@H](F)C6)nc4c3F)c12. The summed E-state index contributed by atoms with van der Waals surface area (Å²) in [4.78, 5) is 30.0. The van der Waals surface area contributed by atoms with Gasteiger partial charge in [-0.25, -0.2) is 13.2 Å². The first-order valence-corrected chi connectivity index (χ1v) is 16.4. The van der Waals surface area contributed by atoms with Gasteiger partial charge >= 0.3 is 6.01 Å². The number of benzene rings is 2. The zero-order chi connectivity index (χ0) is 33.1. The lowest BCUT2D eigenvalue weighted by atomic mass is 9.90. The molecule has 0 saturated carbocycles. The highest BCUT2D eigenvalue weighted by Crippen LogP contribution is 2.42. The number of hydrogen-bond donors (Lipinski definition) is 2. The van der Waals surface area contributed by atoms with Crippen molar-refractivity contribution in [2.24, 2.45) is 0 Å². The highest BCUT2D eigenvalue weighted by Gasteiger charge is 2.49. The van der Waals surface area contributed by atoms with Gasteiger partial charge in [-0.1, -0.05) is 13.0 Å². The number of rotatable bonds is 7. The number of phenols is 1. The fourth-order valence-corrected chi connectivity index (χ4v) is 8.14. The number of anilines is 1. The standard InChI is InChI=1S/C35H39F3N6O3/c1-4-24-27(37)8-7-21-13-23(46)14-25(28(21)24)30-29(38)31-26(16-39-30)32(43-11-5-9-34(3,18-43)42-20(2)45)41-33(40-31)47-19-35-10-6-12-44(35)17-22(36)15-35/h7-8,13-14,16,22,46H,4-6,9-12,15,17-19H2,1-3H3,(H,42,45)/t22-,34-,35+/m1/s1. The Hall–Kier alpha value is -4.19. The van der Waals surface area contributed by atoms with E-state index in [1.54, 1.807) is 6.07 Å². The number of alkyl halides is 1. The normalized spacial score (nSPS) is 24.6. The van der Waals surface area contributed by atoms with Crippen molar-refractivity contribution in [3.05, 3.63) is 47.7 Å². The Bertz CT molecular complexity index is 1890. The van der Waals surface area contributed by atoms with Gasteiger partial charge in [0.25, 0.3) is 0 Å². The highest BCUT2D eigenvalue weighted by molar-refractivity contribution is 6.01. The summed E-state index contributed by atoms with van der Waals surface area (Å²) in [5.74, 6) is -1.03. The molecule has 3 aliphatic rings. The van der Waals surface area contributed by atoms with Crippen LogP contribution in [0, 0.1) is 11.6 Å². The van der Waals surface area contributed by atoms with Crippen molar-refractivity contribution in [2.45, 2.75) is 76.5 Å². The maximum Gasteiger partial charge on any atom is 0.319 e. The molecule has 3 fully saturated rings. The van der Waals surface area contributed by atoms with Crippen molar-refractivity contribution in [3.63, 3.8) is 0 Å². The molecule has 5 heterocycles. The van der Waals surface area contributed by atoms with E-state index in [1.165, 1.54) is 31.3 Å². The summed E-state index contributed by atoms with van der Waals surface area (Å²) in [5.41, 5.74) is -0.500. The Morgan fingerprint density at radius 3 is 2.77 bits per heavy atom. The van der Waals surface area contributed by atoms with Crippen LogP contribution in [-0.2, 0) is 11.2 Å². The van der Waals surface area contributed by atoms with Gasteiger partial charge in [0.2, 0.25) is 5.91 Å². The predicted molar refractivity (Wildman–Crippen MR) is 173 cm³/mol. The molecule has 4 aromatic rings. The van der Waals surface area contributed by atoms with Gasteiger partial charge in [-0.15, -0.1) is 0 Å². The smallest absolute Gasteiger partial charge is 0.319 e. The number of hydrogen-bond acceptors (Lipinski definition) is 8. The largest absolute Gasteiger partial charge is 0.508 e. The van der Waals surface area contributed by atoms with Crippen LogP contribution in [-0.4, -0.2) is 80.9 Å². The third kappa shape index (κ3) is 5.60. The summed E-state index contributed by atoms with van der Waals surface area (Å²) in [7, 11) is 0. The van der Waals surface area contributed by atoms with Crippen LogP contribution in [0.15, 0.2) is 30.5 Å². The Balaban J connectivity index is 1.37. The van der Waals surface area contributed by atoms with E-state index in [-0.39, 0.29) is 41.0 Å². The number of amides is 1. The number of aromatic hydroxyl groups is 1. The molecule has 7 rings (SSSR count). The number of carbonyl (C=O) groups is 1. The number of aromatic nitrogens is 3. The van der Waals surface area contributed by atoms with Crippen LogP contribution in [0.3, 0.4) is 0 Å². The molecule has 12 heteroatoms. The van der Waals surface area contributed by atoms with Crippen LogP contribution in [0.25, 0.3) is 32.9 Å². The number of aryl methyl sites for hydroxylation is 1. The second-order valence-corrected chi connectivity index (χ2v) is 13.6. The molecule has 2 aromatic heterocycles. The molecule has 0 aliphatic carbocycles. The maximum atomic E-state index is 16.9. The Morgan fingerprint density at radius 1 is 1.17 bits per heavy atom. The Morgan fingerprint density at radius 2 is 1.98 bits per heavy atom. The van der Waals surface area contributed by atoms with Crippen LogP contribution >= 0.6 is 0 Å². The van der Waals surface area contributed by atoms with E-state index < -0.39 is 28.9 Å². The molecule has 248 valence electrons. The second kappa shape index (κ2) is 11.8. The minimum Gasteiger partial charge on any atom is -0.508 e. The van der Waals surface area contributed by atoms with E-state index in [0.29, 0.717) is 60.0 Å². The van der Waals surface area contributed by atoms with Gasteiger partial charge in [-0.05, 0) is 80.1 Å². The van der Waals surface area contributed by atoms with Crippen LogP contribution in [0.5, 0.6) is 11.8 Å². The number of piperidine rings is 1. The topological polar surface area (TPSA) is 104 Å². The van der Waals surface area contributed by atoms with Gasteiger partial charge in [0.05, 0.1) is 16.5 Å². The minimum atomic E-state index is -0.937. The molecule has 2 N–H and O–H groups in total. The summed E-state index contributed by atoms with van der Waals surface area (Å²) in [6, 6.07) is 5.76. The molecule has 0 unspecified atom stereocenters. The van der Waals surface area contributed by atoms with Gasteiger partial charge in [-0.3, -0.25) is 14.7 Å². The molecule has 0 spiro atoms. The zero-order valence-electron chi connectivity index (χ0n) is 26.9. The van der Waals surface area contributed by atoms with Crippen molar-refractivity contribution in [1.82, 2.24) is 25.2 Å². The van der Waals surface area contributed by atoms with Crippen LogP contribution in [0.2, 0.25) is 0 Å². The molecule has 3 saturated heterocycles.